The van der Waals surface area contributed by atoms with Crippen molar-refractivity contribution in [2.75, 3.05) is 0 Å². The fourth-order valence-corrected chi connectivity index (χ4v) is 2.38. The van der Waals surface area contributed by atoms with Crippen LogP contribution in [0, 0.1) is 12.7 Å². The van der Waals surface area contributed by atoms with Crippen LogP contribution in [0.25, 0.3) is 5.69 Å². The van der Waals surface area contributed by atoms with Crippen LogP contribution in [0.15, 0.2) is 27.8 Å². The van der Waals surface area contributed by atoms with Gasteiger partial charge in [0.1, 0.15) is 11.0 Å². The molecule has 0 fully saturated rings. The van der Waals surface area contributed by atoms with Crippen LogP contribution in [-0.4, -0.2) is 9.55 Å². The van der Waals surface area contributed by atoms with E-state index in [4.69, 9.17) is 11.6 Å². The van der Waals surface area contributed by atoms with Gasteiger partial charge in [0.25, 0.3) is 5.56 Å². The molecule has 0 aliphatic carbocycles. The van der Waals surface area contributed by atoms with Crippen molar-refractivity contribution in [3.05, 3.63) is 61.1 Å². The van der Waals surface area contributed by atoms with Crippen molar-refractivity contribution in [2.45, 2.75) is 26.7 Å². The van der Waals surface area contributed by atoms with Gasteiger partial charge in [-0.1, -0.05) is 37.1 Å². The van der Waals surface area contributed by atoms with Gasteiger partial charge in [0.2, 0.25) is 0 Å². The Kier molecular flexibility index (Phi) is 4.09. The summed E-state index contributed by atoms with van der Waals surface area (Å²) in [5.74, 6) is -0.623. The molecule has 0 atom stereocenters. The van der Waals surface area contributed by atoms with Crippen molar-refractivity contribution in [1.29, 1.82) is 0 Å². The molecule has 2 rings (SSSR count). The number of rotatable bonds is 3. The van der Waals surface area contributed by atoms with Crippen molar-refractivity contribution in [3.8, 4) is 5.69 Å². The first-order valence-corrected chi connectivity index (χ1v) is 6.64. The van der Waals surface area contributed by atoms with Gasteiger partial charge in [-0.25, -0.2) is 13.8 Å². The second-order valence-electron chi connectivity index (χ2n) is 4.52. The zero-order chi connectivity index (χ0) is 14.9. The SMILES string of the molecule is CCCc1c(Cl)[nH]c(=O)n(-c2c(C)cccc2F)c1=O. The molecule has 0 aliphatic heterocycles. The monoisotopic (exact) mass is 296 g/mol. The molecule has 0 unspecified atom stereocenters. The number of hydrogen-bond acceptors (Lipinski definition) is 2. The molecule has 1 N–H and O–H groups in total. The number of hydrogen-bond donors (Lipinski definition) is 1. The van der Waals surface area contributed by atoms with Crippen LogP contribution in [0.2, 0.25) is 5.15 Å². The van der Waals surface area contributed by atoms with Crippen molar-refractivity contribution < 1.29 is 4.39 Å². The van der Waals surface area contributed by atoms with Crippen molar-refractivity contribution in [1.82, 2.24) is 9.55 Å². The molecule has 1 heterocycles. The van der Waals surface area contributed by atoms with E-state index < -0.39 is 17.1 Å². The molecular formula is C14H14ClFN2O2. The maximum atomic E-state index is 14.0. The lowest BCUT2D eigenvalue weighted by Crippen LogP contribution is -2.37. The van der Waals surface area contributed by atoms with Crippen LogP contribution in [0.5, 0.6) is 0 Å². The van der Waals surface area contributed by atoms with Gasteiger partial charge < -0.3 is 0 Å². The lowest BCUT2D eigenvalue weighted by molar-refractivity contribution is 0.609. The van der Waals surface area contributed by atoms with Gasteiger partial charge in [0.05, 0.1) is 11.3 Å². The Bertz CT molecular complexity index is 744. The summed E-state index contributed by atoms with van der Waals surface area (Å²) in [6.07, 6.45) is 1.11. The molecule has 0 radical (unpaired) electrons. The van der Waals surface area contributed by atoms with Crippen LogP contribution in [0.3, 0.4) is 0 Å². The Morgan fingerprint density at radius 1 is 1.35 bits per heavy atom. The number of aromatic amines is 1. The molecule has 1 aromatic heterocycles. The molecule has 0 saturated heterocycles. The molecule has 6 heteroatoms. The van der Waals surface area contributed by atoms with E-state index in [1.807, 2.05) is 6.92 Å². The van der Waals surface area contributed by atoms with Gasteiger partial charge in [-0.15, -0.1) is 0 Å². The lowest BCUT2D eigenvalue weighted by atomic mass is 10.1. The Labute approximate surface area is 119 Å². The molecule has 1 aromatic carbocycles. The minimum absolute atomic E-state index is 0.0205. The van der Waals surface area contributed by atoms with Crippen LogP contribution < -0.4 is 11.2 Å². The standard InChI is InChI=1S/C14H14ClFN2O2/c1-3-5-9-12(15)17-14(20)18(13(9)19)11-8(2)6-4-7-10(11)16/h4,6-7H,3,5H2,1-2H3,(H,17,20). The van der Waals surface area contributed by atoms with Crippen molar-refractivity contribution in [3.63, 3.8) is 0 Å². The normalized spacial score (nSPS) is 10.8. The van der Waals surface area contributed by atoms with E-state index >= 15 is 0 Å². The second-order valence-corrected chi connectivity index (χ2v) is 4.90. The predicted molar refractivity (Wildman–Crippen MR) is 76.4 cm³/mol. The molecule has 0 spiro atoms. The summed E-state index contributed by atoms with van der Waals surface area (Å²) in [4.78, 5) is 26.8. The summed E-state index contributed by atoms with van der Waals surface area (Å²) >= 11 is 5.89. The van der Waals surface area contributed by atoms with Gasteiger partial charge in [-0.05, 0) is 25.0 Å². The van der Waals surface area contributed by atoms with Gasteiger partial charge in [-0.3, -0.25) is 9.78 Å². The van der Waals surface area contributed by atoms with E-state index in [0.717, 1.165) is 4.57 Å². The Morgan fingerprint density at radius 3 is 2.65 bits per heavy atom. The van der Waals surface area contributed by atoms with E-state index in [1.54, 1.807) is 13.0 Å². The summed E-state index contributed by atoms with van der Waals surface area (Å²) in [6.45, 7) is 3.53. The lowest BCUT2D eigenvalue weighted by Gasteiger charge is -2.11. The number of benzene rings is 1. The smallest absolute Gasteiger partial charge is 0.297 e. The molecule has 0 bridgehead atoms. The third-order valence-electron chi connectivity index (χ3n) is 3.06. The summed E-state index contributed by atoms with van der Waals surface area (Å²) in [6, 6.07) is 4.37. The highest BCUT2D eigenvalue weighted by Crippen LogP contribution is 2.16. The highest BCUT2D eigenvalue weighted by atomic mass is 35.5. The van der Waals surface area contributed by atoms with E-state index in [-0.39, 0.29) is 16.4 Å². The van der Waals surface area contributed by atoms with Crippen LogP contribution in [0.1, 0.15) is 24.5 Å². The fraction of sp³-hybridized carbons (Fsp3) is 0.286. The second kappa shape index (κ2) is 5.63. The fourth-order valence-electron chi connectivity index (χ4n) is 2.12. The quantitative estimate of drug-likeness (QED) is 0.885. The first-order valence-electron chi connectivity index (χ1n) is 6.26. The maximum Gasteiger partial charge on any atom is 0.334 e. The molecule has 106 valence electrons. The third-order valence-corrected chi connectivity index (χ3v) is 3.38. The average Bonchev–Trinajstić information content (AvgIpc) is 2.37. The van der Waals surface area contributed by atoms with E-state index in [1.165, 1.54) is 12.1 Å². The highest BCUT2D eigenvalue weighted by molar-refractivity contribution is 6.30. The molecule has 0 amide bonds. The summed E-state index contributed by atoms with van der Waals surface area (Å²) in [5.41, 5.74) is -0.562. The Balaban J connectivity index is 2.85. The van der Waals surface area contributed by atoms with Crippen LogP contribution >= 0.6 is 11.6 Å². The predicted octanol–water partition coefficient (Wildman–Crippen LogP) is 2.58. The zero-order valence-electron chi connectivity index (χ0n) is 11.2. The number of para-hydroxylation sites is 1. The number of aromatic nitrogens is 2. The van der Waals surface area contributed by atoms with Crippen LogP contribution in [-0.2, 0) is 6.42 Å². The Morgan fingerprint density at radius 2 is 2.05 bits per heavy atom. The number of halogens is 2. The van der Waals surface area contributed by atoms with Gasteiger partial charge in [0, 0.05) is 0 Å². The molecule has 0 aliphatic rings. The van der Waals surface area contributed by atoms with Gasteiger partial charge in [-0.2, -0.15) is 0 Å². The minimum atomic E-state index is -0.743. The van der Waals surface area contributed by atoms with Crippen LogP contribution in [0.4, 0.5) is 4.39 Å². The summed E-state index contributed by atoms with van der Waals surface area (Å²) in [7, 11) is 0. The average molecular weight is 297 g/mol. The highest BCUT2D eigenvalue weighted by Gasteiger charge is 2.17. The number of nitrogens with zero attached hydrogens (tertiary/aromatic N) is 1. The van der Waals surface area contributed by atoms with E-state index in [0.29, 0.717) is 18.4 Å². The topological polar surface area (TPSA) is 54.9 Å². The van der Waals surface area contributed by atoms with E-state index in [2.05, 4.69) is 4.98 Å². The number of aryl methyl sites for hydroxylation is 1. The number of nitrogens with one attached hydrogen (secondary N) is 1. The third kappa shape index (κ3) is 2.41. The maximum absolute atomic E-state index is 14.0. The first-order chi connectivity index (χ1) is 9.47. The van der Waals surface area contributed by atoms with Gasteiger partial charge in [0.15, 0.2) is 0 Å². The Hall–Kier alpha value is -1.88. The van der Waals surface area contributed by atoms with E-state index in [9.17, 15) is 14.0 Å². The summed E-state index contributed by atoms with van der Waals surface area (Å²) in [5, 5.41) is 0.0205. The molecular weight excluding hydrogens is 283 g/mol. The summed E-state index contributed by atoms with van der Waals surface area (Å²) < 4.78 is 14.8. The minimum Gasteiger partial charge on any atom is -0.297 e. The van der Waals surface area contributed by atoms with Gasteiger partial charge >= 0.3 is 5.69 Å². The molecule has 20 heavy (non-hydrogen) atoms. The molecule has 0 saturated carbocycles. The molecule has 4 nitrogen and oxygen atoms in total. The first kappa shape index (κ1) is 14.5. The zero-order valence-corrected chi connectivity index (χ0v) is 11.9. The van der Waals surface area contributed by atoms with Crippen molar-refractivity contribution >= 4 is 11.6 Å². The largest absolute Gasteiger partial charge is 0.334 e. The molecule has 2 aromatic rings. The number of H-pyrrole nitrogens is 1. The van der Waals surface area contributed by atoms with Crippen molar-refractivity contribution in [2.24, 2.45) is 0 Å².